The highest BCUT2D eigenvalue weighted by Gasteiger charge is 2.31. The van der Waals surface area contributed by atoms with E-state index in [1.165, 1.54) is 12.2 Å². The molecule has 0 aromatic carbocycles. The predicted molar refractivity (Wildman–Crippen MR) is 204 cm³/mol. The highest BCUT2D eigenvalue weighted by molar-refractivity contribution is 6.32. The van der Waals surface area contributed by atoms with Gasteiger partial charge in [0.1, 0.15) is 0 Å². The van der Waals surface area contributed by atoms with Crippen LogP contribution in [0.1, 0.15) is 85.0 Å². The Morgan fingerprint density at radius 1 is 0.443 bits per heavy atom. The minimum atomic E-state index is -1.41. The van der Waals surface area contributed by atoms with Crippen LogP contribution in [0.25, 0.3) is 18.2 Å². The van der Waals surface area contributed by atoms with Crippen LogP contribution in [0, 0.1) is 0 Å². The number of nitrogens with zero attached hydrogens (tertiary/aromatic N) is 1. The van der Waals surface area contributed by atoms with Crippen molar-refractivity contribution in [3.8, 4) is 0 Å². The zero-order valence-electron chi connectivity index (χ0n) is 31.8. The average Bonchev–Trinajstić information content (AvgIpc) is 3.80. The first kappa shape index (κ1) is 45.8. The topological polar surface area (TPSA) is 389 Å². The van der Waals surface area contributed by atoms with Crippen LogP contribution in [-0.2, 0) is 73.6 Å². The minimum Gasteiger partial charge on any atom is -0.481 e. The highest BCUT2D eigenvalue weighted by atomic mass is 16.4. The molecule has 0 bridgehead atoms. The van der Waals surface area contributed by atoms with Crippen molar-refractivity contribution in [1.82, 2.24) is 15.3 Å². The maximum atomic E-state index is 12.9. The number of allylic oxidation sites excluding steroid dienone is 1. The lowest BCUT2D eigenvalue weighted by Crippen LogP contribution is -2.17. The molecule has 2 amide bonds. The van der Waals surface area contributed by atoms with Gasteiger partial charge in [0.05, 0.1) is 31.4 Å². The Bertz CT molecular complexity index is 2530. The summed E-state index contributed by atoms with van der Waals surface area (Å²) in [6.07, 6.45) is -2.92. The fraction of sp³-hybridized carbons (Fsp3) is 0.308. The van der Waals surface area contributed by atoms with Gasteiger partial charge >= 0.3 is 47.8 Å². The van der Waals surface area contributed by atoms with Crippen molar-refractivity contribution in [2.45, 2.75) is 77.0 Å². The summed E-state index contributed by atoms with van der Waals surface area (Å²) in [6.45, 7) is 0. The number of hydrogen-bond acceptors (Lipinski definition) is 10. The second kappa shape index (κ2) is 19.7. The molecule has 0 unspecified atom stereocenters. The Balaban J connectivity index is 2.09. The average molecular weight is 851 g/mol. The number of carbonyl (C=O) groups is 10. The number of aliphatic carboxylic acids is 8. The van der Waals surface area contributed by atoms with Crippen molar-refractivity contribution in [1.29, 1.82) is 0 Å². The van der Waals surface area contributed by atoms with Crippen molar-refractivity contribution in [2.24, 2.45) is 4.99 Å². The minimum absolute atomic E-state index is 0.00222. The number of H-pyrrole nitrogens is 2. The third kappa shape index (κ3) is 12.1. The lowest BCUT2D eigenvalue weighted by molar-refractivity contribution is -0.138. The van der Waals surface area contributed by atoms with Crippen LogP contribution < -0.4 is 16.0 Å². The number of aromatic nitrogens is 2. The van der Waals surface area contributed by atoms with E-state index in [4.69, 9.17) is 0 Å². The van der Waals surface area contributed by atoms with E-state index in [-0.39, 0.29) is 104 Å². The van der Waals surface area contributed by atoms with Crippen LogP contribution in [0.3, 0.4) is 0 Å². The molecule has 2 aromatic heterocycles. The quantitative estimate of drug-likeness (QED) is 0.0699. The second-order valence-corrected chi connectivity index (χ2v) is 13.7. The highest BCUT2D eigenvalue weighted by Crippen LogP contribution is 2.32. The van der Waals surface area contributed by atoms with Crippen molar-refractivity contribution in [3.63, 3.8) is 0 Å². The summed E-state index contributed by atoms with van der Waals surface area (Å²) in [5.74, 6) is -12.5. The number of amides is 2. The maximum absolute atomic E-state index is 12.9. The summed E-state index contributed by atoms with van der Waals surface area (Å²) in [7, 11) is 0. The van der Waals surface area contributed by atoms with Crippen LogP contribution >= 0.6 is 0 Å². The summed E-state index contributed by atoms with van der Waals surface area (Å²) in [6, 6.07) is 0. The van der Waals surface area contributed by atoms with Crippen molar-refractivity contribution >= 4 is 83.5 Å². The van der Waals surface area contributed by atoms with Crippen LogP contribution in [0.4, 0.5) is 0 Å². The molecule has 2 aliphatic rings. The smallest absolute Gasteiger partial charge is 0.308 e. The molecule has 2 aliphatic heterocycles. The number of aromatic amines is 2. The van der Waals surface area contributed by atoms with E-state index in [1.54, 1.807) is 0 Å². The lowest BCUT2D eigenvalue weighted by atomic mass is 9.97. The number of carboxylic acids is 8. The van der Waals surface area contributed by atoms with Crippen LogP contribution in [0.5, 0.6) is 0 Å². The summed E-state index contributed by atoms with van der Waals surface area (Å²) in [5.41, 5.74) is -0.821. The Morgan fingerprint density at radius 2 is 0.902 bits per heavy atom. The van der Waals surface area contributed by atoms with E-state index in [1.807, 2.05) is 0 Å². The summed E-state index contributed by atoms with van der Waals surface area (Å²) < 4.78 is 0. The van der Waals surface area contributed by atoms with Gasteiger partial charge in [-0.15, -0.1) is 0 Å². The van der Waals surface area contributed by atoms with Gasteiger partial charge in [-0.25, -0.2) is 4.99 Å². The van der Waals surface area contributed by atoms with Crippen LogP contribution in [0.15, 0.2) is 33.0 Å². The van der Waals surface area contributed by atoms with Crippen LogP contribution in [0.2, 0.25) is 0 Å². The number of carbonyl (C=O) groups excluding carboxylic acids is 2. The number of aliphatic imine (C=N–C) groups is 1. The molecule has 61 heavy (non-hydrogen) atoms. The zero-order chi connectivity index (χ0) is 45.3. The van der Waals surface area contributed by atoms with Gasteiger partial charge in [-0.05, 0) is 77.3 Å². The number of nitrogens with one attached hydrogen (secondary N) is 3. The summed E-state index contributed by atoms with van der Waals surface area (Å²) >= 11 is 0. The van der Waals surface area contributed by atoms with Gasteiger partial charge in [0.2, 0.25) is 0 Å². The molecular formula is C39H38N4O18. The van der Waals surface area contributed by atoms with Crippen molar-refractivity contribution in [2.75, 3.05) is 0 Å². The molecule has 22 nitrogen and oxygen atoms in total. The van der Waals surface area contributed by atoms with E-state index in [9.17, 15) is 88.8 Å². The first-order valence-electron chi connectivity index (χ1n) is 18.2. The van der Waals surface area contributed by atoms with Gasteiger partial charge in [0, 0.05) is 64.6 Å². The zero-order valence-corrected chi connectivity index (χ0v) is 31.8. The largest absolute Gasteiger partial charge is 0.481 e. The fourth-order valence-corrected chi connectivity index (χ4v) is 6.94. The molecule has 4 heterocycles. The standard InChI is InChI=1S/C39H38N4O18/c44-30(45)5-1-16-20(9-34(52)53)27(14-26-18(3-7-32(48)49)23(12-37(58)59)39(61)42-26)40-24(16)13-25-17(2-6-31(46)47)21(10-35(54)55)28(41-25)15-29-22(11-36(56)57)19(38(60)43-29)4-8-33(50)51/h13-15,40-41H,1-12H2,(H,42,61)(H,44,45)(H,46,47)(H,48,49)(H,50,51)(H,52,53)(H,54,55)(H,56,57)(H,58,59)/b25-13-,26-14-,28-15-. The molecule has 322 valence electrons. The van der Waals surface area contributed by atoms with E-state index < -0.39 is 111 Å². The Hall–Kier alpha value is -7.91. The molecule has 4 rings (SSSR count). The number of carboxylic acid groups (broad SMARTS) is 8. The molecule has 11 N–H and O–H groups in total. The molecule has 0 saturated heterocycles. The van der Waals surface area contributed by atoms with Gasteiger partial charge in [0.25, 0.3) is 11.8 Å². The molecule has 0 atom stereocenters. The van der Waals surface area contributed by atoms with Crippen molar-refractivity contribution < 1.29 is 88.8 Å². The third-order valence-electron chi connectivity index (χ3n) is 9.46. The van der Waals surface area contributed by atoms with E-state index >= 15 is 0 Å². The fourth-order valence-electron chi connectivity index (χ4n) is 6.94. The monoisotopic (exact) mass is 850 g/mol. The van der Waals surface area contributed by atoms with Crippen LogP contribution in [-0.4, -0.2) is 116 Å². The molecule has 22 heteroatoms. The van der Waals surface area contributed by atoms with Gasteiger partial charge in [-0.1, -0.05) is 0 Å². The Kier molecular flexibility index (Phi) is 14.8. The predicted octanol–water partition coefficient (Wildman–Crippen LogP) is -0.0352. The first-order valence-corrected chi connectivity index (χ1v) is 18.2. The number of hydrogen-bond donors (Lipinski definition) is 11. The van der Waals surface area contributed by atoms with E-state index in [0.717, 1.165) is 6.08 Å². The normalized spacial score (nSPS) is 15.1. The van der Waals surface area contributed by atoms with Gasteiger partial charge in [-0.3, -0.25) is 47.9 Å². The van der Waals surface area contributed by atoms with Crippen molar-refractivity contribution in [3.05, 3.63) is 72.3 Å². The van der Waals surface area contributed by atoms with Gasteiger partial charge in [-0.2, -0.15) is 0 Å². The van der Waals surface area contributed by atoms with Gasteiger partial charge < -0.3 is 56.1 Å². The number of rotatable bonds is 23. The maximum Gasteiger partial charge on any atom is 0.308 e. The summed E-state index contributed by atoms with van der Waals surface area (Å²) in [5, 5.41) is 79.0. The Morgan fingerprint density at radius 3 is 1.44 bits per heavy atom. The molecule has 0 spiro atoms. The molecule has 0 aliphatic carbocycles. The molecule has 2 aromatic rings. The molecular weight excluding hydrogens is 812 g/mol. The second-order valence-electron chi connectivity index (χ2n) is 13.7. The molecule has 0 fully saturated rings. The SMILES string of the molecule is O=C(O)CCC1=C(CC(=O)O)C(/C=c2\[nH]/c(=C\c3[nH]c(/C=C4\NC(=O)C(CC(=O)O)=C4CCC(=O)O)c(CC(=O)O)c3CCC(=O)O)c(CCC(=O)O)c2CC(=O)O)=NC1=O. The van der Waals surface area contributed by atoms with E-state index in [2.05, 4.69) is 20.3 Å². The molecule has 0 saturated carbocycles. The van der Waals surface area contributed by atoms with E-state index in [0.29, 0.717) is 0 Å². The Labute approximate surface area is 341 Å². The lowest BCUT2D eigenvalue weighted by Gasteiger charge is -2.07. The first-order chi connectivity index (χ1) is 28.6. The molecule has 0 radical (unpaired) electrons. The van der Waals surface area contributed by atoms with Gasteiger partial charge in [0.15, 0.2) is 0 Å². The summed E-state index contributed by atoms with van der Waals surface area (Å²) in [4.78, 5) is 130. The third-order valence-corrected chi connectivity index (χ3v) is 9.46.